The number of nitrogens with two attached hydrogens (primary N) is 1. The number of aliphatic imine (C=N–C) groups is 1. The fourth-order valence-electron chi connectivity index (χ4n) is 3.31. The van der Waals surface area contributed by atoms with Gasteiger partial charge in [0.2, 0.25) is 0 Å². The molecule has 0 saturated carbocycles. The topological polar surface area (TPSA) is 107 Å². The standard InChI is InChI=1S/C21H18FN3O2.CH2O2/c1-26-19-8-7-17(11-18(19)22)21(13-27-20(23)25-21)16-6-2-4-14(10-16)15-5-3-9-24-12-15;2-1-3/h2-12H,13H2,1H3,(H2,23,25);1H,(H,2,3). The first-order valence-electron chi connectivity index (χ1n) is 8.95. The van der Waals surface area contributed by atoms with Crippen LogP contribution in [-0.2, 0) is 15.1 Å². The minimum atomic E-state index is -0.921. The maximum Gasteiger partial charge on any atom is 0.290 e. The van der Waals surface area contributed by atoms with E-state index in [4.69, 9.17) is 25.1 Å². The van der Waals surface area contributed by atoms with Crippen LogP contribution < -0.4 is 10.5 Å². The van der Waals surface area contributed by atoms with Gasteiger partial charge >= 0.3 is 0 Å². The first-order chi connectivity index (χ1) is 14.5. The molecular weight excluding hydrogens is 389 g/mol. The first-order valence-corrected chi connectivity index (χ1v) is 8.95. The van der Waals surface area contributed by atoms with E-state index in [0.29, 0.717) is 5.56 Å². The van der Waals surface area contributed by atoms with Crippen LogP contribution in [0.1, 0.15) is 11.1 Å². The van der Waals surface area contributed by atoms with Gasteiger partial charge in [0.15, 0.2) is 17.1 Å². The Morgan fingerprint density at radius 1 is 1.17 bits per heavy atom. The van der Waals surface area contributed by atoms with Gasteiger partial charge in [-0.2, -0.15) is 0 Å². The number of hydrogen-bond donors (Lipinski definition) is 2. The van der Waals surface area contributed by atoms with Gasteiger partial charge in [0.05, 0.1) is 7.11 Å². The number of halogens is 1. The zero-order valence-corrected chi connectivity index (χ0v) is 16.2. The number of pyridine rings is 1. The molecule has 0 saturated heterocycles. The van der Waals surface area contributed by atoms with Crippen molar-refractivity contribution in [3.05, 3.63) is 83.9 Å². The highest BCUT2D eigenvalue weighted by Crippen LogP contribution is 2.40. The van der Waals surface area contributed by atoms with Crippen molar-refractivity contribution in [1.29, 1.82) is 0 Å². The summed E-state index contributed by atoms with van der Waals surface area (Å²) in [4.78, 5) is 17.1. The molecule has 1 aromatic heterocycles. The third-order valence-electron chi connectivity index (χ3n) is 4.69. The second kappa shape index (κ2) is 9.04. The van der Waals surface area contributed by atoms with Crippen molar-refractivity contribution in [3.8, 4) is 16.9 Å². The predicted molar refractivity (Wildman–Crippen MR) is 110 cm³/mol. The predicted octanol–water partition coefficient (Wildman–Crippen LogP) is 3.19. The number of methoxy groups -OCH3 is 1. The summed E-state index contributed by atoms with van der Waals surface area (Å²) >= 11 is 0. The summed E-state index contributed by atoms with van der Waals surface area (Å²) in [6.45, 7) is -0.0545. The summed E-state index contributed by atoms with van der Waals surface area (Å²) in [5.41, 5.74) is 8.36. The van der Waals surface area contributed by atoms with Gasteiger partial charge in [-0.05, 0) is 46.5 Å². The number of amidine groups is 1. The van der Waals surface area contributed by atoms with Crippen molar-refractivity contribution in [1.82, 2.24) is 4.98 Å². The lowest BCUT2D eigenvalue weighted by atomic mass is 9.83. The van der Waals surface area contributed by atoms with Crippen LogP contribution in [-0.4, -0.2) is 36.3 Å². The normalized spacial score (nSPS) is 17.2. The molecule has 2 aromatic carbocycles. The van der Waals surface area contributed by atoms with Crippen LogP contribution in [0.4, 0.5) is 4.39 Å². The van der Waals surface area contributed by atoms with E-state index in [1.165, 1.54) is 13.2 Å². The van der Waals surface area contributed by atoms with E-state index in [1.807, 2.05) is 36.4 Å². The lowest BCUT2D eigenvalue weighted by Crippen LogP contribution is -2.27. The van der Waals surface area contributed by atoms with Gasteiger partial charge in [0.25, 0.3) is 12.5 Å². The molecule has 0 fully saturated rings. The zero-order valence-electron chi connectivity index (χ0n) is 16.2. The highest BCUT2D eigenvalue weighted by Gasteiger charge is 2.40. The van der Waals surface area contributed by atoms with Crippen LogP contribution in [0.5, 0.6) is 5.75 Å². The molecule has 1 atom stereocenters. The Kier molecular flexibility index (Phi) is 6.26. The van der Waals surface area contributed by atoms with Crippen LogP contribution in [0.15, 0.2) is 72.0 Å². The summed E-state index contributed by atoms with van der Waals surface area (Å²) in [6.07, 6.45) is 3.52. The van der Waals surface area contributed by atoms with Gasteiger partial charge < -0.3 is 20.3 Å². The molecule has 3 aromatic rings. The van der Waals surface area contributed by atoms with Crippen molar-refractivity contribution in [2.24, 2.45) is 10.7 Å². The number of aromatic nitrogens is 1. The van der Waals surface area contributed by atoms with E-state index < -0.39 is 11.4 Å². The van der Waals surface area contributed by atoms with Gasteiger partial charge in [0.1, 0.15) is 6.61 Å². The Hall–Kier alpha value is -3.94. The van der Waals surface area contributed by atoms with Crippen molar-refractivity contribution in [2.75, 3.05) is 13.7 Å². The third kappa shape index (κ3) is 4.07. The zero-order chi connectivity index (χ0) is 21.6. The Bertz CT molecular complexity index is 1060. The lowest BCUT2D eigenvalue weighted by molar-refractivity contribution is -0.122. The van der Waals surface area contributed by atoms with Crippen LogP contribution in [0.3, 0.4) is 0 Å². The largest absolute Gasteiger partial charge is 0.494 e. The summed E-state index contributed by atoms with van der Waals surface area (Å²) in [7, 11) is 1.43. The van der Waals surface area contributed by atoms with E-state index in [0.717, 1.165) is 16.7 Å². The Balaban J connectivity index is 0.000000806. The van der Waals surface area contributed by atoms with Crippen LogP contribution in [0, 0.1) is 5.82 Å². The molecule has 0 radical (unpaired) electrons. The molecule has 8 heteroatoms. The number of ether oxygens (including phenoxy) is 2. The maximum absolute atomic E-state index is 14.4. The summed E-state index contributed by atoms with van der Waals surface area (Å²) in [5.74, 6) is -0.285. The molecule has 7 nitrogen and oxygen atoms in total. The van der Waals surface area contributed by atoms with E-state index >= 15 is 0 Å². The molecule has 0 spiro atoms. The molecule has 2 heterocycles. The summed E-state index contributed by atoms with van der Waals surface area (Å²) in [5, 5.41) is 6.89. The molecule has 0 aliphatic carbocycles. The highest BCUT2D eigenvalue weighted by molar-refractivity contribution is 5.75. The van der Waals surface area contributed by atoms with Crippen LogP contribution >= 0.6 is 0 Å². The Morgan fingerprint density at radius 2 is 1.90 bits per heavy atom. The summed E-state index contributed by atoms with van der Waals surface area (Å²) < 4.78 is 24.9. The van der Waals surface area contributed by atoms with Crippen LogP contribution in [0.25, 0.3) is 11.1 Å². The SMILES string of the molecule is COc1ccc(C2(c3cccc(-c4cccnc4)c3)COC(N)=N2)cc1F.O=CO. The number of nitrogens with zero attached hydrogens (tertiary/aromatic N) is 2. The fraction of sp³-hybridized carbons (Fsp3) is 0.136. The highest BCUT2D eigenvalue weighted by atomic mass is 19.1. The molecule has 154 valence electrons. The van der Waals surface area contributed by atoms with Crippen molar-refractivity contribution < 1.29 is 23.8 Å². The van der Waals surface area contributed by atoms with E-state index in [1.54, 1.807) is 24.5 Å². The minimum absolute atomic E-state index is 0.0815. The number of carboxylic acid groups (broad SMARTS) is 1. The fourth-order valence-corrected chi connectivity index (χ4v) is 3.31. The Morgan fingerprint density at radius 3 is 2.50 bits per heavy atom. The second-order valence-electron chi connectivity index (χ2n) is 6.38. The molecule has 3 N–H and O–H groups in total. The molecule has 1 aliphatic heterocycles. The number of rotatable bonds is 4. The monoisotopic (exact) mass is 409 g/mol. The molecule has 30 heavy (non-hydrogen) atoms. The minimum Gasteiger partial charge on any atom is -0.494 e. The molecule has 1 aliphatic rings. The number of benzene rings is 2. The summed E-state index contributed by atoms with van der Waals surface area (Å²) in [6, 6.07) is 16.6. The van der Waals surface area contributed by atoms with E-state index in [2.05, 4.69) is 9.98 Å². The van der Waals surface area contributed by atoms with Crippen molar-refractivity contribution in [2.45, 2.75) is 5.54 Å². The lowest BCUT2D eigenvalue weighted by Gasteiger charge is -2.26. The average molecular weight is 409 g/mol. The van der Waals surface area contributed by atoms with Crippen molar-refractivity contribution >= 4 is 12.5 Å². The Labute approximate surface area is 172 Å². The molecular formula is C22H20FN3O4. The number of hydrogen-bond acceptors (Lipinski definition) is 6. The van der Waals surface area contributed by atoms with Gasteiger partial charge in [-0.3, -0.25) is 9.78 Å². The average Bonchev–Trinajstić information content (AvgIpc) is 3.18. The second-order valence-corrected chi connectivity index (χ2v) is 6.38. The molecule has 0 amide bonds. The molecule has 1 unspecified atom stereocenters. The van der Waals surface area contributed by atoms with Gasteiger partial charge in [0, 0.05) is 12.4 Å². The van der Waals surface area contributed by atoms with Crippen molar-refractivity contribution in [3.63, 3.8) is 0 Å². The quantitative estimate of drug-likeness (QED) is 0.641. The van der Waals surface area contributed by atoms with E-state index in [-0.39, 0.29) is 24.9 Å². The van der Waals surface area contributed by atoms with Gasteiger partial charge in [-0.1, -0.05) is 30.3 Å². The molecule has 0 bridgehead atoms. The van der Waals surface area contributed by atoms with Gasteiger partial charge in [-0.25, -0.2) is 9.38 Å². The maximum atomic E-state index is 14.4. The van der Waals surface area contributed by atoms with E-state index in [9.17, 15) is 4.39 Å². The van der Waals surface area contributed by atoms with Crippen LogP contribution in [0.2, 0.25) is 0 Å². The third-order valence-corrected chi connectivity index (χ3v) is 4.69. The number of carbonyl (C=O) groups is 1. The first kappa shape index (κ1) is 20.8. The smallest absolute Gasteiger partial charge is 0.290 e. The van der Waals surface area contributed by atoms with Gasteiger partial charge in [-0.15, -0.1) is 0 Å². The molecule has 4 rings (SSSR count).